The van der Waals surface area contributed by atoms with Gasteiger partial charge in [-0.05, 0) is 40.2 Å². The molecule has 0 unspecified atom stereocenters. The Morgan fingerprint density at radius 3 is 2.15 bits per heavy atom. The molecule has 0 heterocycles. The molecule has 2 N–H and O–H groups in total. The molecule has 0 saturated carbocycles. The Balaban J connectivity index is 4.20. The van der Waals surface area contributed by atoms with Gasteiger partial charge in [-0.15, -0.1) is 0 Å². The van der Waals surface area contributed by atoms with Crippen LogP contribution < -0.4 is 5.32 Å². The van der Waals surface area contributed by atoms with Gasteiger partial charge in [-0.25, -0.2) is 0 Å². The van der Waals surface area contributed by atoms with Gasteiger partial charge in [0.1, 0.15) is 0 Å². The van der Waals surface area contributed by atoms with Crippen LogP contribution in [0.2, 0.25) is 0 Å². The third-order valence-electron chi connectivity index (χ3n) is 2.52. The molecule has 0 fully saturated rings. The molecule has 2 nitrogen and oxygen atoms in total. The first-order valence-corrected chi connectivity index (χ1v) is 4.87. The van der Waals surface area contributed by atoms with Crippen LogP contribution in [0.15, 0.2) is 11.1 Å². The molecule has 0 aliphatic carbocycles. The first-order valence-electron chi connectivity index (χ1n) is 4.44. The minimum absolute atomic E-state index is 0.325. The first-order chi connectivity index (χ1) is 5.70. The fourth-order valence-corrected chi connectivity index (χ4v) is 0.692. The molecule has 0 spiro atoms. The van der Waals surface area contributed by atoms with Crippen molar-refractivity contribution < 1.29 is 5.11 Å². The van der Waals surface area contributed by atoms with Crippen LogP contribution in [-0.4, -0.2) is 22.8 Å². The molecule has 0 aliphatic heterocycles. The van der Waals surface area contributed by atoms with Crippen molar-refractivity contribution in [2.75, 3.05) is 6.54 Å². The summed E-state index contributed by atoms with van der Waals surface area (Å²) in [5, 5.41) is 13.1. The Hall–Kier alpha value is -0.0500. The Morgan fingerprint density at radius 2 is 1.85 bits per heavy atom. The van der Waals surface area contributed by atoms with E-state index in [-0.39, 0.29) is 5.54 Å². The van der Waals surface area contributed by atoms with Crippen LogP contribution in [0.25, 0.3) is 0 Å². The average Bonchev–Trinajstić information content (AvgIpc) is 1.98. The summed E-state index contributed by atoms with van der Waals surface area (Å²) in [6.07, 6.45) is 0. The van der Waals surface area contributed by atoms with E-state index in [9.17, 15) is 5.11 Å². The highest BCUT2D eigenvalue weighted by atomic mass is 35.5. The van der Waals surface area contributed by atoms with Crippen molar-refractivity contribution in [2.24, 2.45) is 0 Å². The zero-order valence-electron chi connectivity index (χ0n) is 9.11. The second kappa shape index (κ2) is 4.45. The summed E-state index contributed by atoms with van der Waals surface area (Å²) in [5.41, 5.74) is 1.53. The van der Waals surface area contributed by atoms with Crippen molar-refractivity contribution in [3.8, 4) is 0 Å². The first kappa shape index (κ1) is 12.9. The Morgan fingerprint density at radius 1 is 1.38 bits per heavy atom. The van der Waals surface area contributed by atoms with Crippen LogP contribution in [0, 0.1) is 0 Å². The standard InChI is InChI=1S/C10H20ClNO/c1-8(6-11)7-12-9(2,3)10(4,5)13/h6,12-13H,7H2,1-5H3. The van der Waals surface area contributed by atoms with Gasteiger partial charge in [0, 0.05) is 17.6 Å². The van der Waals surface area contributed by atoms with Crippen LogP contribution in [0.1, 0.15) is 34.6 Å². The van der Waals surface area contributed by atoms with Crippen LogP contribution >= 0.6 is 11.6 Å². The molecular weight excluding hydrogens is 186 g/mol. The molecule has 0 aromatic carbocycles. The number of hydrogen-bond donors (Lipinski definition) is 2. The zero-order valence-corrected chi connectivity index (χ0v) is 9.87. The van der Waals surface area contributed by atoms with Gasteiger partial charge in [-0.1, -0.05) is 11.6 Å². The molecule has 78 valence electrons. The maximum Gasteiger partial charge on any atom is 0.0767 e. The van der Waals surface area contributed by atoms with Crippen LogP contribution in [0.3, 0.4) is 0 Å². The van der Waals surface area contributed by atoms with E-state index >= 15 is 0 Å². The Kier molecular flexibility index (Phi) is 4.43. The van der Waals surface area contributed by atoms with Crippen molar-refractivity contribution in [3.63, 3.8) is 0 Å². The Labute approximate surface area is 86.0 Å². The lowest BCUT2D eigenvalue weighted by Crippen LogP contribution is -2.56. The molecule has 0 rings (SSSR count). The SMILES string of the molecule is CC(=CCl)CNC(C)(C)C(C)(C)O. The number of rotatable bonds is 4. The minimum Gasteiger partial charge on any atom is -0.389 e. The highest BCUT2D eigenvalue weighted by Crippen LogP contribution is 2.20. The van der Waals surface area contributed by atoms with E-state index in [4.69, 9.17) is 11.6 Å². The summed E-state index contributed by atoms with van der Waals surface area (Å²) in [6, 6.07) is 0. The van der Waals surface area contributed by atoms with Gasteiger partial charge < -0.3 is 10.4 Å². The van der Waals surface area contributed by atoms with Crippen LogP contribution in [0.4, 0.5) is 0 Å². The molecule has 0 aliphatic rings. The quantitative estimate of drug-likeness (QED) is 0.738. The predicted molar refractivity (Wildman–Crippen MR) is 58.0 cm³/mol. The molecule has 3 heteroatoms. The third kappa shape index (κ3) is 4.12. The van der Waals surface area contributed by atoms with E-state index in [2.05, 4.69) is 5.32 Å². The van der Waals surface area contributed by atoms with Crippen LogP contribution in [0.5, 0.6) is 0 Å². The lowest BCUT2D eigenvalue weighted by atomic mass is 9.86. The van der Waals surface area contributed by atoms with Gasteiger partial charge in [-0.2, -0.15) is 0 Å². The molecule has 0 saturated heterocycles. The Bertz CT molecular complexity index is 192. The highest BCUT2D eigenvalue weighted by Gasteiger charge is 2.34. The number of aliphatic hydroxyl groups is 1. The highest BCUT2D eigenvalue weighted by molar-refractivity contribution is 6.25. The van der Waals surface area contributed by atoms with Gasteiger partial charge in [0.05, 0.1) is 5.60 Å². The van der Waals surface area contributed by atoms with E-state index in [1.807, 2.05) is 20.8 Å². The third-order valence-corrected chi connectivity index (χ3v) is 2.90. The molecule has 0 bridgehead atoms. The summed E-state index contributed by atoms with van der Waals surface area (Å²) >= 11 is 5.53. The van der Waals surface area contributed by atoms with Crippen molar-refractivity contribution in [3.05, 3.63) is 11.1 Å². The number of nitrogens with one attached hydrogen (secondary N) is 1. The monoisotopic (exact) mass is 205 g/mol. The minimum atomic E-state index is -0.750. The lowest BCUT2D eigenvalue weighted by Gasteiger charge is -2.38. The van der Waals surface area contributed by atoms with Gasteiger partial charge >= 0.3 is 0 Å². The number of halogens is 1. The zero-order chi connectivity index (χ0) is 10.7. The summed E-state index contributed by atoms with van der Waals surface area (Å²) in [5.74, 6) is 0. The second-order valence-electron chi connectivity index (χ2n) is 4.49. The fourth-order valence-electron chi connectivity index (χ4n) is 0.615. The topological polar surface area (TPSA) is 32.3 Å². The van der Waals surface area contributed by atoms with Crippen LogP contribution in [-0.2, 0) is 0 Å². The summed E-state index contributed by atoms with van der Waals surface area (Å²) < 4.78 is 0. The van der Waals surface area contributed by atoms with Crippen molar-refractivity contribution in [1.29, 1.82) is 0 Å². The van der Waals surface area contributed by atoms with Gasteiger partial charge in [-0.3, -0.25) is 0 Å². The maximum absolute atomic E-state index is 9.82. The molecule has 0 amide bonds. The maximum atomic E-state index is 9.82. The van der Waals surface area contributed by atoms with Crippen molar-refractivity contribution >= 4 is 11.6 Å². The predicted octanol–water partition coefficient (Wildman–Crippen LogP) is 2.27. The largest absolute Gasteiger partial charge is 0.389 e. The average molecular weight is 206 g/mol. The lowest BCUT2D eigenvalue weighted by molar-refractivity contribution is -0.00302. The molecule has 0 radical (unpaired) electrons. The van der Waals surface area contributed by atoms with E-state index in [1.165, 1.54) is 0 Å². The number of hydrogen-bond acceptors (Lipinski definition) is 2. The van der Waals surface area contributed by atoms with Crippen molar-refractivity contribution in [1.82, 2.24) is 5.32 Å². The van der Waals surface area contributed by atoms with Crippen molar-refractivity contribution in [2.45, 2.75) is 45.8 Å². The smallest absolute Gasteiger partial charge is 0.0767 e. The van der Waals surface area contributed by atoms with E-state index < -0.39 is 5.60 Å². The van der Waals surface area contributed by atoms with E-state index in [0.29, 0.717) is 6.54 Å². The van der Waals surface area contributed by atoms with E-state index in [1.54, 1.807) is 19.4 Å². The molecule has 0 aromatic heterocycles. The summed E-state index contributed by atoms with van der Waals surface area (Å²) in [7, 11) is 0. The van der Waals surface area contributed by atoms with Gasteiger partial charge in [0.25, 0.3) is 0 Å². The molecule has 0 atom stereocenters. The molecule has 0 aromatic rings. The normalized spacial score (nSPS) is 14.8. The summed E-state index contributed by atoms with van der Waals surface area (Å²) in [4.78, 5) is 0. The second-order valence-corrected chi connectivity index (χ2v) is 4.71. The molecule has 13 heavy (non-hydrogen) atoms. The van der Waals surface area contributed by atoms with Gasteiger partial charge in [0.2, 0.25) is 0 Å². The molecular formula is C10H20ClNO. The fraction of sp³-hybridized carbons (Fsp3) is 0.800. The summed E-state index contributed by atoms with van der Waals surface area (Å²) in [6.45, 7) is 10.2. The van der Waals surface area contributed by atoms with Gasteiger partial charge in [0.15, 0.2) is 0 Å². The van der Waals surface area contributed by atoms with E-state index in [0.717, 1.165) is 5.57 Å².